The fourth-order valence-corrected chi connectivity index (χ4v) is 1.83. The monoisotopic (exact) mass is 209 g/mol. The van der Waals surface area contributed by atoms with E-state index in [2.05, 4.69) is 20.8 Å². The van der Waals surface area contributed by atoms with Crippen molar-refractivity contribution in [2.45, 2.75) is 46.1 Å². The molecular formula is C12H19NO2. The average molecular weight is 209 g/mol. The van der Waals surface area contributed by atoms with E-state index in [1.54, 1.807) is 6.07 Å². The topological polar surface area (TPSA) is 42.2 Å². The molecule has 0 aliphatic carbocycles. The maximum absolute atomic E-state index is 11.0. The lowest BCUT2D eigenvalue weighted by Gasteiger charge is -2.17. The first-order valence-corrected chi connectivity index (χ1v) is 5.55. The van der Waals surface area contributed by atoms with Gasteiger partial charge in [-0.3, -0.25) is 0 Å². The Morgan fingerprint density at radius 1 is 1.47 bits per heavy atom. The Balaban J connectivity index is 3.13. The molecule has 0 aromatic carbocycles. The molecule has 0 saturated carbocycles. The molecule has 1 atom stereocenters. The summed E-state index contributed by atoms with van der Waals surface area (Å²) in [4.78, 5) is 11.0. The van der Waals surface area contributed by atoms with Crippen molar-refractivity contribution >= 4 is 5.97 Å². The fourth-order valence-electron chi connectivity index (χ4n) is 1.83. The lowest BCUT2D eigenvalue weighted by atomic mass is 10.2. The van der Waals surface area contributed by atoms with Crippen LogP contribution in [-0.2, 0) is 6.42 Å². The van der Waals surface area contributed by atoms with Crippen molar-refractivity contribution in [2.75, 3.05) is 0 Å². The summed E-state index contributed by atoms with van der Waals surface area (Å²) in [6.07, 6.45) is 2.93. The Labute approximate surface area is 90.7 Å². The normalized spacial score (nSPS) is 12.7. The molecule has 3 nitrogen and oxygen atoms in total. The van der Waals surface area contributed by atoms with Gasteiger partial charge in [0.25, 0.3) is 0 Å². The number of aromatic carboxylic acids is 1. The molecule has 0 aliphatic heterocycles. The zero-order chi connectivity index (χ0) is 11.4. The van der Waals surface area contributed by atoms with Gasteiger partial charge in [0.1, 0.15) is 5.69 Å². The van der Waals surface area contributed by atoms with E-state index in [4.69, 9.17) is 5.11 Å². The first kappa shape index (κ1) is 11.8. The van der Waals surface area contributed by atoms with Crippen molar-refractivity contribution in [2.24, 2.45) is 0 Å². The van der Waals surface area contributed by atoms with Gasteiger partial charge < -0.3 is 9.67 Å². The van der Waals surface area contributed by atoms with Crippen LogP contribution in [0.2, 0.25) is 0 Å². The Kier molecular flexibility index (Phi) is 3.95. The van der Waals surface area contributed by atoms with Crippen LogP contribution in [0.4, 0.5) is 0 Å². The highest BCUT2D eigenvalue weighted by Crippen LogP contribution is 2.20. The van der Waals surface area contributed by atoms with Crippen LogP contribution in [0.25, 0.3) is 0 Å². The van der Waals surface area contributed by atoms with E-state index < -0.39 is 5.97 Å². The summed E-state index contributed by atoms with van der Waals surface area (Å²) in [5.74, 6) is -0.836. The van der Waals surface area contributed by atoms with Gasteiger partial charge in [0.15, 0.2) is 0 Å². The SMILES string of the molecule is CCCc1ccc(C(=O)O)n1C(C)CC. The summed E-state index contributed by atoms with van der Waals surface area (Å²) < 4.78 is 1.95. The number of hydrogen-bond donors (Lipinski definition) is 1. The minimum Gasteiger partial charge on any atom is -0.477 e. The number of rotatable bonds is 5. The minimum atomic E-state index is -0.836. The van der Waals surface area contributed by atoms with Crippen molar-refractivity contribution in [3.63, 3.8) is 0 Å². The summed E-state index contributed by atoms with van der Waals surface area (Å²) in [7, 11) is 0. The number of hydrogen-bond acceptors (Lipinski definition) is 1. The van der Waals surface area contributed by atoms with Crippen molar-refractivity contribution in [3.8, 4) is 0 Å². The molecule has 0 radical (unpaired) electrons. The zero-order valence-electron chi connectivity index (χ0n) is 9.66. The number of aromatic nitrogens is 1. The van der Waals surface area contributed by atoms with Gasteiger partial charge in [0.2, 0.25) is 0 Å². The van der Waals surface area contributed by atoms with Gasteiger partial charge in [-0.05, 0) is 31.9 Å². The van der Waals surface area contributed by atoms with Crippen LogP contribution in [0.3, 0.4) is 0 Å². The summed E-state index contributed by atoms with van der Waals surface area (Å²) in [5, 5.41) is 9.07. The quantitative estimate of drug-likeness (QED) is 0.809. The molecule has 1 N–H and O–H groups in total. The first-order valence-electron chi connectivity index (χ1n) is 5.55. The molecule has 1 rings (SSSR count). The summed E-state index contributed by atoms with van der Waals surface area (Å²) in [5.41, 5.74) is 1.54. The van der Waals surface area contributed by atoms with Gasteiger partial charge in [-0.1, -0.05) is 20.3 Å². The highest BCUT2D eigenvalue weighted by molar-refractivity contribution is 5.86. The molecular weight excluding hydrogens is 190 g/mol. The standard InChI is InChI=1S/C12H19NO2/c1-4-6-10-7-8-11(12(14)15)13(10)9(3)5-2/h7-9H,4-6H2,1-3H3,(H,14,15). The van der Waals surface area contributed by atoms with Crippen LogP contribution in [0.15, 0.2) is 12.1 Å². The van der Waals surface area contributed by atoms with Crippen LogP contribution < -0.4 is 0 Å². The number of carboxylic acid groups (broad SMARTS) is 1. The molecule has 0 fully saturated rings. The second kappa shape index (κ2) is 5.01. The van der Waals surface area contributed by atoms with Gasteiger partial charge in [-0.2, -0.15) is 0 Å². The molecule has 15 heavy (non-hydrogen) atoms. The average Bonchev–Trinajstić information content (AvgIpc) is 2.61. The van der Waals surface area contributed by atoms with Crippen molar-refractivity contribution in [1.82, 2.24) is 4.57 Å². The van der Waals surface area contributed by atoms with E-state index in [9.17, 15) is 4.79 Å². The lowest BCUT2D eigenvalue weighted by Crippen LogP contribution is -2.14. The molecule has 84 valence electrons. The fraction of sp³-hybridized carbons (Fsp3) is 0.583. The van der Waals surface area contributed by atoms with Crippen LogP contribution in [0, 0.1) is 0 Å². The van der Waals surface area contributed by atoms with E-state index in [1.807, 2.05) is 10.6 Å². The molecule has 3 heteroatoms. The molecule has 1 aromatic heterocycles. The highest BCUT2D eigenvalue weighted by Gasteiger charge is 2.16. The van der Waals surface area contributed by atoms with Crippen LogP contribution in [0.5, 0.6) is 0 Å². The zero-order valence-corrected chi connectivity index (χ0v) is 9.66. The van der Waals surface area contributed by atoms with Gasteiger partial charge in [0.05, 0.1) is 0 Å². The van der Waals surface area contributed by atoms with Gasteiger partial charge in [0, 0.05) is 11.7 Å². The third-order valence-electron chi connectivity index (χ3n) is 2.76. The van der Waals surface area contributed by atoms with Crippen LogP contribution >= 0.6 is 0 Å². The van der Waals surface area contributed by atoms with Crippen molar-refractivity contribution < 1.29 is 9.90 Å². The second-order valence-corrected chi connectivity index (χ2v) is 3.89. The number of carbonyl (C=O) groups is 1. The molecule has 0 bridgehead atoms. The minimum absolute atomic E-state index is 0.257. The van der Waals surface area contributed by atoms with Gasteiger partial charge in [-0.15, -0.1) is 0 Å². The van der Waals surface area contributed by atoms with Crippen molar-refractivity contribution in [1.29, 1.82) is 0 Å². The molecule has 0 amide bonds. The predicted molar refractivity (Wildman–Crippen MR) is 60.4 cm³/mol. The molecule has 1 unspecified atom stereocenters. The maximum atomic E-state index is 11.0. The maximum Gasteiger partial charge on any atom is 0.352 e. The third kappa shape index (κ3) is 2.41. The second-order valence-electron chi connectivity index (χ2n) is 3.89. The van der Waals surface area contributed by atoms with E-state index in [1.165, 1.54) is 0 Å². The first-order chi connectivity index (χ1) is 7.11. The van der Waals surface area contributed by atoms with Crippen LogP contribution in [-0.4, -0.2) is 15.6 Å². The number of aryl methyl sites for hydroxylation is 1. The van der Waals surface area contributed by atoms with E-state index >= 15 is 0 Å². The molecule has 0 spiro atoms. The molecule has 1 aromatic rings. The highest BCUT2D eigenvalue weighted by atomic mass is 16.4. The molecule has 1 heterocycles. The predicted octanol–water partition coefficient (Wildman–Crippen LogP) is 3.11. The van der Waals surface area contributed by atoms with Gasteiger partial charge in [-0.25, -0.2) is 4.79 Å². The lowest BCUT2D eigenvalue weighted by molar-refractivity contribution is 0.0682. The summed E-state index contributed by atoms with van der Waals surface area (Å²) >= 11 is 0. The van der Waals surface area contributed by atoms with E-state index in [0.29, 0.717) is 5.69 Å². The number of carboxylic acids is 1. The van der Waals surface area contributed by atoms with E-state index in [-0.39, 0.29) is 6.04 Å². The Morgan fingerprint density at radius 3 is 2.60 bits per heavy atom. The Morgan fingerprint density at radius 2 is 2.13 bits per heavy atom. The largest absolute Gasteiger partial charge is 0.477 e. The Hall–Kier alpha value is -1.25. The molecule has 0 saturated heterocycles. The Bertz CT molecular complexity index is 341. The van der Waals surface area contributed by atoms with Crippen LogP contribution in [0.1, 0.15) is 55.8 Å². The van der Waals surface area contributed by atoms with Crippen molar-refractivity contribution in [3.05, 3.63) is 23.5 Å². The summed E-state index contributed by atoms with van der Waals surface area (Å²) in [6.45, 7) is 6.24. The van der Waals surface area contributed by atoms with Gasteiger partial charge >= 0.3 is 5.97 Å². The summed E-state index contributed by atoms with van der Waals surface area (Å²) in [6, 6.07) is 3.89. The third-order valence-corrected chi connectivity index (χ3v) is 2.76. The smallest absolute Gasteiger partial charge is 0.352 e. The molecule has 0 aliphatic rings. The van der Waals surface area contributed by atoms with E-state index in [0.717, 1.165) is 25.0 Å². The number of nitrogens with zero attached hydrogens (tertiary/aromatic N) is 1.